The van der Waals surface area contributed by atoms with Crippen molar-refractivity contribution in [2.75, 3.05) is 11.9 Å². The maximum atomic E-state index is 12.4. The van der Waals surface area contributed by atoms with Gasteiger partial charge in [-0.05, 0) is 44.2 Å². The largest absolute Gasteiger partial charge is 0.492 e. The summed E-state index contributed by atoms with van der Waals surface area (Å²) in [7, 11) is 0. The van der Waals surface area contributed by atoms with E-state index in [4.69, 9.17) is 13.9 Å². The Hall–Kier alpha value is -3.28. The number of carbonyl (C=O) groups is 1. The first-order valence-corrected chi connectivity index (χ1v) is 8.30. The van der Waals surface area contributed by atoms with E-state index >= 15 is 0 Å². The second kappa shape index (κ2) is 7.74. The van der Waals surface area contributed by atoms with Crippen molar-refractivity contribution in [1.29, 1.82) is 0 Å². The lowest BCUT2D eigenvalue weighted by molar-refractivity contribution is -0.122. The number of ether oxygens (including phenoxy) is 2. The van der Waals surface area contributed by atoms with Crippen molar-refractivity contribution in [3.05, 3.63) is 65.0 Å². The molecular weight excluding hydrogens is 334 g/mol. The van der Waals surface area contributed by atoms with Crippen LogP contribution in [0, 0.1) is 0 Å². The number of hydrogen-bond donors (Lipinski definition) is 1. The number of carbonyl (C=O) groups excluding carboxylic acids is 1. The van der Waals surface area contributed by atoms with Crippen molar-refractivity contribution in [2.24, 2.45) is 0 Å². The molecule has 0 saturated carbocycles. The molecule has 0 saturated heterocycles. The summed E-state index contributed by atoms with van der Waals surface area (Å²) in [4.78, 5) is 23.8. The van der Waals surface area contributed by atoms with Gasteiger partial charge in [-0.3, -0.25) is 4.79 Å². The number of fused-ring (bicyclic) bond motifs is 1. The number of nitrogens with one attached hydrogen (secondary N) is 1. The van der Waals surface area contributed by atoms with Gasteiger partial charge >= 0.3 is 5.63 Å². The molecule has 3 aromatic rings. The number of para-hydroxylation sites is 2. The number of hydrogen-bond acceptors (Lipinski definition) is 5. The fourth-order valence-electron chi connectivity index (χ4n) is 2.46. The third-order valence-electron chi connectivity index (χ3n) is 3.72. The van der Waals surface area contributed by atoms with Crippen LogP contribution in [-0.4, -0.2) is 18.6 Å². The highest BCUT2D eigenvalue weighted by Gasteiger charge is 2.17. The number of anilines is 1. The Bertz CT molecular complexity index is 979. The van der Waals surface area contributed by atoms with Gasteiger partial charge in [-0.1, -0.05) is 12.1 Å². The second-order valence-corrected chi connectivity index (χ2v) is 5.63. The zero-order valence-corrected chi connectivity index (χ0v) is 14.5. The van der Waals surface area contributed by atoms with Crippen LogP contribution in [0.4, 0.5) is 5.69 Å². The predicted octanol–water partition coefficient (Wildman–Crippen LogP) is 3.60. The molecule has 134 valence electrons. The van der Waals surface area contributed by atoms with Crippen molar-refractivity contribution in [3.8, 4) is 11.5 Å². The average molecular weight is 353 g/mol. The minimum Gasteiger partial charge on any atom is -0.492 e. The highest BCUT2D eigenvalue weighted by molar-refractivity contribution is 5.95. The van der Waals surface area contributed by atoms with Gasteiger partial charge in [0.15, 0.2) is 6.10 Å². The first-order chi connectivity index (χ1) is 12.6. The standard InChI is InChI=1S/C20H19NO5/c1-3-24-17-7-5-4-6-16(17)21-20(23)13(2)25-15-10-8-14-9-11-19(22)26-18(14)12-15/h4-13H,3H2,1-2H3,(H,21,23)/t13-/m0/s1. The monoisotopic (exact) mass is 353 g/mol. The molecular formula is C20H19NO5. The lowest BCUT2D eigenvalue weighted by Crippen LogP contribution is -2.30. The van der Waals surface area contributed by atoms with Gasteiger partial charge in [-0.2, -0.15) is 0 Å². The van der Waals surface area contributed by atoms with E-state index in [0.29, 0.717) is 29.4 Å². The molecule has 6 nitrogen and oxygen atoms in total. The Kier molecular flexibility index (Phi) is 5.22. The van der Waals surface area contributed by atoms with Crippen LogP contribution in [0.15, 0.2) is 63.8 Å². The third kappa shape index (κ3) is 4.03. The summed E-state index contributed by atoms with van der Waals surface area (Å²) in [6.45, 7) is 4.02. The lowest BCUT2D eigenvalue weighted by atomic mass is 10.2. The average Bonchev–Trinajstić information content (AvgIpc) is 2.63. The molecule has 1 N–H and O–H groups in total. The van der Waals surface area contributed by atoms with Crippen LogP contribution in [0.2, 0.25) is 0 Å². The number of amides is 1. The molecule has 0 unspecified atom stereocenters. The van der Waals surface area contributed by atoms with E-state index in [1.807, 2.05) is 19.1 Å². The molecule has 3 rings (SSSR count). The molecule has 0 aliphatic rings. The zero-order valence-electron chi connectivity index (χ0n) is 14.5. The van der Waals surface area contributed by atoms with E-state index in [2.05, 4.69) is 5.32 Å². The Labute approximate surface area is 150 Å². The van der Waals surface area contributed by atoms with Crippen LogP contribution in [0.25, 0.3) is 11.0 Å². The molecule has 1 amide bonds. The van der Waals surface area contributed by atoms with Crippen LogP contribution in [0.3, 0.4) is 0 Å². The van der Waals surface area contributed by atoms with Crippen LogP contribution in [-0.2, 0) is 4.79 Å². The first-order valence-electron chi connectivity index (χ1n) is 8.30. The van der Waals surface area contributed by atoms with Crippen molar-refractivity contribution in [1.82, 2.24) is 0 Å². The van der Waals surface area contributed by atoms with Crippen LogP contribution >= 0.6 is 0 Å². The van der Waals surface area contributed by atoms with Gasteiger partial charge in [0.05, 0.1) is 12.3 Å². The van der Waals surface area contributed by atoms with Crippen molar-refractivity contribution in [2.45, 2.75) is 20.0 Å². The molecule has 1 atom stereocenters. The van der Waals surface area contributed by atoms with E-state index in [1.54, 1.807) is 43.3 Å². The topological polar surface area (TPSA) is 77.8 Å². The smallest absolute Gasteiger partial charge is 0.336 e. The van der Waals surface area contributed by atoms with E-state index in [-0.39, 0.29) is 5.91 Å². The van der Waals surface area contributed by atoms with Gasteiger partial charge in [0, 0.05) is 17.5 Å². The third-order valence-corrected chi connectivity index (χ3v) is 3.72. The summed E-state index contributed by atoms with van der Waals surface area (Å²) < 4.78 is 16.3. The first kappa shape index (κ1) is 17.5. The molecule has 0 spiro atoms. The molecule has 1 aromatic heterocycles. The normalized spacial score (nSPS) is 11.8. The second-order valence-electron chi connectivity index (χ2n) is 5.63. The molecule has 0 aliphatic heterocycles. The zero-order chi connectivity index (χ0) is 18.5. The maximum absolute atomic E-state index is 12.4. The van der Waals surface area contributed by atoms with Gasteiger partial charge in [-0.15, -0.1) is 0 Å². The SMILES string of the molecule is CCOc1ccccc1NC(=O)[C@H](C)Oc1ccc2ccc(=O)oc2c1. The maximum Gasteiger partial charge on any atom is 0.336 e. The molecule has 0 radical (unpaired) electrons. The Morgan fingerprint density at radius 1 is 1.15 bits per heavy atom. The Morgan fingerprint density at radius 3 is 2.73 bits per heavy atom. The van der Waals surface area contributed by atoms with Crippen molar-refractivity contribution < 1.29 is 18.7 Å². The van der Waals surface area contributed by atoms with Gasteiger partial charge in [0.25, 0.3) is 5.91 Å². The van der Waals surface area contributed by atoms with E-state index in [0.717, 1.165) is 5.39 Å². The number of benzene rings is 2. The molecule has 0 bridgehead atoms. The molecule has 0 aliphatic carbocycles. The fourth-order valence-corrected chi connectivity index (χ4v) is 2.46. The van der Waals surface area contributed by atoms with Gasteiger partial charge in [0.2, 0.25) is 0 Å². The van der Waals surface area contributed by atoms with Crippen LogP contribution in [0.5, 0.6) is 11.5 Å². The highest BCUT2D eigenvalue weighted by Crippen LogP contribution is 2.25. The predicted molar refractivity (Wildman–Crippen MR) is 98.8 cm³/mol. The summed E-state index contributed by atoms with van der Waals surface area (Å²) in [5.74, 6) is 0.724. The van der Waals surface area contributed by atoms with Gasteiger partial charge < -0.3 is 19.2 Å². The van der Waals surface area contributed by atoms with Crippen molar-refractivity contribution in [3.63, 3.8) is 0 Å². The molecule has 2 aromatic carbocycles. The van der Waals surface area contributed by atoms with E-state index < -0.39 is 11.7 Å². The summed E-state index contributed by atoms with van der Waals surface area (Å²) in [5, 5.41) is 3.58. The summed E-state index contributed by atoms with van der Waals surface area (Å²) >= 11 is 0. The summed E-state index contributed by atoms with van der Waals surface area (Å²) in [6.07, 6.45) is -0.752. The molecule has 26 heavy (non-hydrogen) atoms. The minimum atomic E-state index is -0.752. The van der Waals surface area contributed by atoms with Crippen LogP contribution in [0.1, 0.15) is 13.8 Å². The van der Waals surface area contributed by atoms with E-state index in [1.165, 1.54) is 6.07 Å². The summed E-state index contributed by atoms with van der Waals surface area (Å²) in [6, 6.07) is 15.3. The van der Waals surface area contributed by atoms with Crippen LogP contribution < -0.4 is 20.4 Å². The highest BCUT2D eigenvalue weighted by atomic mass is 16.5. The molecule has 0 fully saturated rings. The minimum absolute atomic E-state index is 0.313. The van der Waals surface area contributed by atoms with Crippen molar-refractivity contribution >= 4 is 22.6 Å². The number of rotatable bonds is 6. The molecule has 1 heterocycles. The quantitative estimate of drug-likeness (QED) is 0.685. The molecule has 6 heteroatoms. The Morgan fingerprint density at radius 2 is 1.92 bits per heavy atom. The van der Waals surface area contributed by atoms with E-state index in [9.17, 15) is 9.59 Å². The van der Waals surface area contributed by atoms with Gasteiger partial charge in [0.1, 0.15) is 17.1 Å². The fraction of sp³-hybridized carbons (Fsp3) is 0.200. The lowest BCUT2D eigenvalue weighted by Gasteiger charge is -2.16. The van der Waals surface area contributed by atoms with Gasteiger partial charge in [-0.25, -0.2) is 4.79 Å². The Balaban J connectivity index is 1.72. The summed E-state index contributed by atoms with van der Waals surface area (Å²) in [5.41, 5.74) is 0.552.